The first-order valence-corrected chi connectivity index (χ1v) is 12.9. The van der Waals surface area contributed by atoms with E-state index in [-0.39, 0.29) is 41.8 Å². The molecule has 3 heterocycles. The van der Waals surface area contributed by atoms with Gasteiger partial charge in [-0.05, 0) is 56.2 Å². The van der Waals surface area contributed by atoms with Crippen molar-refractivity contribution in [3.05, 3.63) is 80.6 Å². The highest BCUT2D eigenvalue weighted by molar-refractivity contribution is 6.32. The number of hydrogen-bond donors (Lipinski definition) is 0. The summed E-state index contributed by atoms with van der Waals surface area (Å²) in [5, 5.41) is 14.5. The van der Waals surface area contributed by atoms with Crippen molar-refractivity contribution in [2.75, 3.05) is 6.54 Å². The number of alkyl halides is 2. The Hall–Kier alpha value is -3.97. The van der Waals surface area contributed by atoms with Crippen LogP contribution in [0.1, 0.15) is 68.7 Å². The maximum Gasteiger partial charge on any atom is 0.387 e. The van der Waals surface area contributed by atoms with Crippen molar-refractivity contribution in [3.8, 4) is 11.8 Å². The van der Waals surface area contributed by atoms with E-state index in [0.717, 1.165) is 16.8 Å². The van der Waals surface area contributed by atoms with Crippen LogP contribution in [-0.2, 0) is 19.5 Å². The summed E-state index contributed by atoms with van der Waals surface area (Å²) in [7, 11) is 0. The number of ether oxygens (including phenoxy) is 1. The second-order valence-electron chi connectivity index (χ2n) is 9.81. The SMILES string of the molecule is Cc1c(C(=O)N2Cc3c(nn4c3C(=O)N([C@@H](C)c3ccc(OC(F)F)cc3)CC4)C[C@H]2C)ccc(Cl)c1C#N. The molecule has 11 heteroatoms. The second-order valence-corrected chi connectivity index (χ2v) is 10.2. The molecule has 0 saturated carbocycles. The second kappa shape index (κ2) is 10.3. The summed E-state index contributed by atoms with van der Waals surface area (Å²) < 4.78 is 31.2. The average Bonchev–Trinajstić information content (AvgIpc) is 3.26. The van der Waals surface area contributed by atoms with Gasteiger partial charge in [-0.2, -0.15) is 19.1 Å². The zero-order chi connectivity index (χ0) is 28.0. The van der Waals surface area contributed by atoms with Crippen LogP contribution in [0.25, 0.3) is 0 Å². The van der Waals surface area contributed by atoms with Crippen molar-refractivity contribution in [2.24, 2.45) is 0 Å². The van der Waals surface area contributed by atoms with Gasteiger partial charge in [-0.15, -0.1) is 0 Å². The van der Waals surface area contributed by atoms with E-state index in [0.29, 0.717) is 41.4 Å². The van der Waals surface area contributed by atoms with Gasteiger partial charge in [0.05, 0.1) is 35.4 Å². The van der Waals surface area contributed by atoms with Crippen molar-refractivity contribution < 1.29 is 23.1 Å². The van der Waals surface area contributed by atoms with Crippen LogP contribution in [-0.4, -0.2) is 50.6 Å². The topological polar surface area (TPSA) is 91.5 Å². The Morgan fingerprint density at radius 3 is 2.59 bits per heavy atom. The number of carbonyl (C=O) groups is 2. The van der Waals surface area contributed by atoms with Crippen molar-refractivity contribution >= 4 is 23.4 Å². The molecule has 0 radical (unpaired) electrons. The van der Waals surface area contributed by atoms with Gasteiger partial charge in [0, 0.05) is 30.1 Å². The Kier molecular flexibility index (Phi) is 7.03. The van der Waals surface area contributed by atoms with Gasteiger partial charge in [-0.1, -0.05) is 23.7 Å². The third kappa shape index (κ3) is 4.72. The molecule has 0 saturated heterocycles. The van der Waals surface area contributed by atoms with Gasteiger partial charge in [0.15, 0.2) is 0 Å². The van der Waals surface area contributed by atoms with Crippen LogP contribution in [0.3, 0.4) is 0 Å². The predicted molar refractivity (Wildman–Crippen MR) is 139 cm³/mol. The van der Waals surface area contributed by atoms with Gasteiger partial charge in [0.25, 0.3) is 11.8 Å². The largest absolute Gasteiger partial charge is 0.435 e. The summed E-state index contributed by atoms with van der Waals surface area (Å²) in [6.07, 6.45) is 0.493. The molecule has 0 spiro atoms. The summed E-state index contributed by atoms with van der Waals surface area (Å²) in [5.74, 6) is -0.389. The summed E-state index contributed by atoms with van der Waals surface area (Å²) in [5.41, 5.74) is 3.93. The number of aromatic nitrogens is 2. The number of benzene rings is 2. The quantitative estimate of drug-likeness (QED) is 0.437. The average molecular weight is 554 g/mol. The van der Waals surface area contributed by atoms with Crippen molar-refractivity contribution in [2.45, 2.75) is 59.0 Å². The number of amides is 2. The molecule has 2 amide bonds. The lowest BCUT2D eigenvalue weighted by molar-refractivity contribution is -0.0498. The van der Waals surface area contributed by atoms with E-state index in [1.807, 2.05) is 13.8 Å². The standard InChI is InChI=1S/C28H26ClF2N5O3/c1-15-12-24-22(14-35(15)26(37)20-8-9-23(29)21(13-32)16(20)2)25-27(38)34(10-11-36(25)33-24)17(3)18-4-6-19(7-5-18)39-28(30)31/h4-9,15,17,28H,10-12,14H2,1-3H3/t15-,17+/m1/s1. The van der Waals surface area contributed by atoms with Crippen LogP contribution in [0.15, 0.2) is 36.4 Å². The molecule has 0 aliphatic carbocycles. The summed E-state index contributed by atoms with van der Waals surface area (Å²) >= 11 is 6.14. The highest BCUT2D eigenvalue weighted by Gasteiger charge is 2.38. The van der Waals surface area contributed by atoms with E-state index >= 15 is 0 Å². The summed E-state index contributed by atoms with van der Waals surface area (Å²) in [6, 6.07) is 11.0. The minimum Gasteiger partial charge on any atom is -0.435 e. The molecule has 2 atom stereocenters. The lowest BCUT2D eigenvalue weighted by Crippen LogP contribution is -2.45. The molecule has 0 fully saturated rings. The normalized spacial score (nSPS) is 17.5. The van der Waals surface area contributed by atoms with Crippen molar-refractivity contribution in [1.82, 2.24) is 19.6 Å². The molecule has 202 valence electrons. The van der Waals surface area contributed by atoms with E-state index in [4.69, 9.17) is 16.7 Å². The van der Waals surface area contributed by atoms with Gasteiger partial charge in [0.2, 0.25) is 0 Å². The lowest BCUT2D eigenvalue weighted by Gasteiger charge is -2.36. The van der Waals surface area contributed by atoms with E-state index < -0.39 is 6.61 Å². The van der Waals surface area contributed by atoms with Crippen LogP contribution < -0.4 is 4.74 Å². The highest BCUT2D eigenvalue weighted by Crippen LogP contribution is 2.33. The lowest BCUT2D eigenvalue weighted by atomic mass is 9.95. The molecule has 2 aromatic carbocycles. The fraction of sp³-hybridized carbons (Fsp3) is 0.357. The predicted octanol–water partition coefficient (Wildman–Crippen LogP) is 5.12. The summed E-state index contributed by atoms with van der Waals surface area (Å²) in [6.45, 7) is 3.75. The fourth-order valence-corrected chi connectivity index (χ4v) is 5.63. The van der Waals surface area contributed by atoms with E-state index in [1.165, 1.54) is 12.1 Å². The molecule has 2 aliphatic rings. The van der Waals surface area contributed by atoms with Crippen LogP contribution in [0.5, 0.6) is 5.75 Å². The molecule has 0 bridgehead atoms. The van der Waals surface area contributed by atoms with Crippen molar-refractivity contribution in [1.29, 1.82) is 5.26 Å². The number of nitrogens with zero attached hydrogens (tertiary/aromatic N) is 5. The van der Waals surface area contributed by atoms with E-state index in [9.17, 15) is 23.6 Å². The maximum atomic E-state index is 13.8. The van der Waals surface area contributed by atoms with Gasteiger partial charge >= 0.3 is 6.61 Å². The third-order valence-corrected chi connectivity index (χ3v) is 7.89. The first-order chi connectivity index (χ1) is 18.6. The number of nitriles is 1. The molecule has 8 nitrogen and oxygen atoms in total. The van der Waals surface area contributed by atoms with Gasteiger partial charge in [0.1, 0.15) is 17.5 Å². The molecule has 3 aromatic rings. The third-order valence-electron chi connectivity index (χ3n) is 7.57. The number of rotatable bonds is 5. The van der Waals surface area contributed by atoms with Gasteiger partial charge in [-0.3, -0.25) is 14.3 Å². The minimum absolute atomic E-state index is 0.0507. The Morgan fingerprint density at radius 2 is 1.92 bits per heavy atom. The Balaban J connectivity index is 1.42. The number of halogens is 3. The molecule has 0 unspecified atom stereocenters. The number of fused-ring (bicyclic) bond motifs is 3. The highest BCUT2D eigenvalue weighted by atomic mass is 35.5. The van der Waals surface area contributed by atoms with Gasteiger partial charge in [-0.25, -0.2) is 0 Å². The van der Waals surface area contributed by atoms with Crippen LogP contribution >= 0.6 is 11.6 Å². The number of hydrogen-bond acceptors (Lipinski definition) is 5. The van der Waals surface area contributed by atoms with Crippen LogP contribution in [0.4, 0.5) is 8.78 Å². The fourth-order valence-electron chi connectivity index (χ4n) is 5.39. The molecule has 1 aromatic heterocycles. The van der Waals surface area contributed by atoms with Gasteiger partial charge < -0.3 is 14.5 Å². The molecular weight excluding hydrogens is 528 g/mol. The minimum atomic E-state index is -2.91. The molecule has 2 aliphatic heterocycles. The zero-order valence-corrected chi connectivity index (χ0v) is 22.4. The van der Waals surface area contributed by atoms with E-state index in [1.54, 1.807) is 45.7 Å². The first kappa shape index (κ1) is 26.6. The summed E-state index contributed by atoms with van der Waals surface area (Å²) in [4.78, 5) is 30.8. The van der Waals surface area contributed by atoms with Crippen molar-refractivity contribution in [3.63, 3.8) is 0 Å². The molecule has 39 heavy (non-hydrogen) atoms. The monoisotopic (exact) mass is 553 g/mol. The number of carbonyl (C=O) groups excluding carboxylic acids is 2. The Labute approximate surface area is 229 Å². The maximum absolute atomic E-state index is 13.8. The van der Waals surface area contributed by atoms with E-state index in [2.05, 4.69) is 10.8 Å². The smallest absolute Gasteiger partial charge is 0.387 e. The molecule has 0 N–H and O–H groups in total. The Morgan fingerprint density at radius 1 is 1.21 bits per heavy atom. The first-order valence-electron chi connectivity index (χ1n) is 12.5. The van der Waals surface area contributed by atoms with Crippen LogP contribution in [0.2, 0.25) is 5.02 Å². The Bertz CT molecular complexity index is 1500. The van der Waals surface area contributed by atoms with Crippen LogP contribution in [0, 0.1) is 18.3 Å². The molecular formula is C28H26ClF2N5O3. The molecule has 5 rings (SSSR count). The zero-order valence-electron chi connectivity index (χ0n) is 21.6.